The van der Waals surface area contributed by atoms with E-state index >= 15 is 0 Å². The molecule has 7 nitrogen and oxygen atoms in total. The second kappa shape index (κ2) is 10.4. The molecule has 0 bridgehead atoms. The van der Waals surface area contributed by atoms with Crippen LogP contribution < -0.4 is 15.0 Å². The van der Waals surface area contributed by atoms with Crippen molar-refractivity contribution in [1.29, 1.82) is 0 Å². The summed E-state index contributed by atoms with van der Waals surface area (Å²) < 4.78 is 5.63. The Morgan fingerprint density at radius 2 is 1.84 bits per heavy atom. The van der Waals surface area contributed by atoms with E-state index in [2.05, 4.69) is 29.3 Å². The van der Waals surface area contributed by atoms with Crippen molar-refractivity contribution in [2.45, 2.75) is 62.4 Å². The number of amides is 1. The highest BCUT2D eigenvalue weighted by atomic mass is 35.5. The Morgan fingerprint density at radius 1 is 1.07 bits per heavy atom. The van der Waals surface area contributed by atoms with Crippen molar-refractivity contribution in [3.63, 3.8) is 0 Å². The molecular formula is C34H35Cl2N3O4. The molecule has 0 unspecified atom stereocenters. The fourth-order valence-electron chi connectivity index (χ4n) is 8.62. The van der Waals surface area contributed by atoms with E-state index in [1.54, 1.807) is 11.0 Å². The molecule has 2 saturated heterocycles. The average molecular weight is 621 g/mol. The highest BCUT2D eigenvalue weighted by molar-refractivity contribution is 6.31. The molecule has 9 heteroatoms. The van der Waals surface area contributed by atoms with Gasteiger partial charge in [0.05, 0.1) is 31.1 Å². The summed E-state index contributed by atoms with van der Waals surface area (Å²) in [6.07, 6.45) is 5.74. The predicted molar refractivity (Wildman–Crippen MR) is 169 cm³/mol. The van der Waals surface area contributed by atoms with E-state index in [-0.39, 0.29) is 34.3 Å². The van der Waals surface area contributed by atoms with Crippen molar-refractivity contribution in [1.82, 2.24) is 4.90 Å². The Balaban J connectivity index is 1.41. The number of nitrogens with one attached hydrogen (secondary N) is 1. The minimum atomic E-state index is -1.04. The van der Waals surface area contributed by atoms with Crippen LogP contribution in [0.5, 0.6) is 5.75 Å². The van der Waals surface area contributed by atoms with Crippen molar-refractivity contribution in [3.05, 3.63) is 87.4 Å². The van der Waals surface area contributed by atoms with Crippen LogP contribution in [-0.4, -0.2) is 54.3 Å². The minimum absolute atomic E-state index is 0.0211. The number of carbonyl (C=O) groups is 2. The molecule has 3 fully saturated rings. The van der Waals surface area contributed by atoms with Crippen molar-refractivity contribution in [2.24, 2.45) is 5.41 Å². The number of fused-ring (bicyclic) bond motifs is 3. The fourth-order valence-corrected chi connectivity index (χ4v) is 8.99. The molecule has 4 atom stereocenters. The van der Waals surface area contributed by atoms with Gasteiger partial charge in [0, 0.05) is 39.7 Å². The van der Waals surface area contributed by atoms with Gasteiger partial charge in [0.25, 0.3) is 0 Å². The lowest BCUT2D eigenvalue weighted by molar-refractivity contribution is -0.119. The Bertz CT molecular complexity index is 1620. The number of carbonyl (C=O) groups excluding carboxylic acids is 1. The van der Waals surface area contributed by atoms with Crippen LogP contribution in [0.3, 0.4) is 0 Å². The Hall–Kier alpha value is -3.26. The van der Waals surface area contributed by atoms with Crippen LogP contribution in [0.25, 0.3) is 0 Å². The predicted octanol–water partition coefficient (Wildman–Crippen LogP) is 7.17. The van der Waals surface area contributed by atoms with E-state index in [0.29, 0.717) is 34.7 Å². The molecular weight excluding hydrogens is 585 g/mol. The van der Waals surface area contributed by atoms with E-state index in [9.17, 15) is 14.7 Å². The van der Waals surface area contributed by atoms with Crippen LogP contribution in [0.2, 0.25) is 10.0 Å². The lowest BCUT2D eigenvalue weighted by Gasteiger charge is -2.43. The third-order valence-corrected chi connectivity index (χ3v) is 11.0. The van der Waals surface area contributed by atoms with Crippen molar-refractivity contribution in [2.75, 3.05) is 30.5 Å². The lowest BCUT2D eigenvalue weighted by Crippen LogP contribution is -2.49. The van der Waals surface area contributed by atoms with E-state index < -0.39 is 12.0 Å². The summed E-state index contributed by atoms with van der Waals surface area (Å²) in [4.78, 5) is 30.6. The molecule has 3 aliphatic heterocycles. The first-order valence-corrected chi connectivity index (χ1v) is 15.7. The zero-order valence-corrected chi connectivity index (χ0v) is 25.8. The molecule has 2 N–H and O–H groups in total. The number of rotatable bonds is 6. The standard InChI is InChI=1S/C34H35Cl2N3O4/c1-33(12-3-4-13-33)17-28-34(18-37-25-16-23(36)9-10-24(25)34)29(20-6-5-7-22(35)14-20)30-31(40)38(19-39(28)30)26-11-8-21(32(41)42)15-27(26)43-2/h5-11,14-16,28-30,37H,3-4,12-13,17-19H2,1-2H3,(H,41,42)/t28-,29-,30+,34-/m0/s1. The van der Waals surface area contributed by atoms with Crippen LogP contribution in [0, 0.1) is 5.41 Å². The number of hydrogen-bond donors (Lipinski definition) is 2. The number of hydrogen-bond acceptors (Lipinski definition) is 5. The number of aromatic carboxylic acids is 1. The summed E-state index contributed by atoms with van der Waals surface area (Å²) >= 11 is 13.1. The van der Waals surface area contributed by atoms with Crippen molar-refractivity contribution >= 4 is 46.5 Å². The SMILES string of the molecule is COc1cc(C(=O)O)ccc1N1CN2[C@@H](CC3(C)CCCC3)[C@@]3(CNc4cc(Cl)ccc43)[C@@H](c3cccc(Cl)c3)[C@@H]2C1=O. The monoisotopic (exact) mass is 619 g/mol. The number of ether oxygens (including phenoxy) is 1. The van der Waals surface area contributed by atoms with Gasteiger partial charge in [0.2, 0.25) is 5.91 Å². The molecule has 7 rings (SSSR count). The molecule has 3 aromatic rings. The lowest BCUT2D eigenvalue weighted by atomic mass is 9.62. The Labute approximate surface area is 261 Å². The molecule has 224 valence electrons. The molecule has 4 aliphatic rings. The number of carboxylic acids is 1. The van der Waals surface area contributed by atoms with Gasteiger partial charge >= 0.3 is 5.97 Å². The number of nitrogens with zero attached hydrogens (tertiary/aromatic N) is 2. The van der Waals surface area contributed by atoms with Gasteiger partial charge in [-0.2, -0.15) is 0 Å². The zero-order valence-electron chi connectivity index (χ0n) is 24.3. The summed E-state index contributed by atoms with van der Waals surface area (Å²) in [5, 5.41) is 14.6. The summed E-state index contributed by atoms with van der Waals surface area (Å²) in [6, 6.07) is 18.4. The number of methoxy groups -OCH3 is 1. The normalized spacial score (nSPS) is 27.4. The van der Waals surface area contributed by atoms with Gasteiger partial charge in [-0.1, -0.05) is 61.2 Å². The number of benzene rings is 3. The van der Waals surface area contributed by atoms with Crippen molar-refractivity contribution in [3.8, 4) is 5.75 Å². The molecule has 1 amide bonds. The number of anilines is 2. The average Bonchev–Trinajstić information content (AvgIpc) is 3.73. The van der Waals surface area contributed by atoms with Crippen LogP contribution in [-0.2, 0) is 10.2 Å². The molecule has 1 spiro atoms. The van der Waals surface area contributed by atoms with Gasteiger partial charge in [0.1, 0.15) is 5.75 Å². The smallest absolute Gasteiger partial charge is 0.335 e. The summed E-state index contributed by atoms with van der Waals surface area (Å²) in [6.45, 7) is 3.48. The van der Waals surface area contributed by atoms with E-state index in [1.165, 1.54) is 50.5 Å². The van der Waals surface area contributed by atoms with Crippen LogP contribution in [0.4, 0.5) is 11.4 Å². The summed E-state index contributed by atoms with van der Waals surface area (Å²) in [7, 11) is 1.51. The van der Waals surface area contributed by atoms with Gasteiger partial charge in [0.15, 0.2) is 0 Å². The van der Waals surface area contributed by atoms with Crippen LogP contribution in [0.15, 0.2) is 60.7 Å². The second-order valence-electron chi connectivity index (χ2n) is 12.9. The van der Waals surface area contributed by atoms with E-state index in [1.807, 2.05) is 30.3 Å². The molecule has 3 aromatic carbocycles. The topological polar surface area (TPSA) is 82.1 Å². The molecule has 0 aromatic heterocycles. The zero-order chi connectivity index (χ0) is 30.1. The molecule has 0 radical (unpaired) electrons. The highest BCUT2D eigenvalue weighted by Crippen LogP contribution is 2.62. The first-order chi connectivity index (χ1) is 20.6. The molecule has 1 saturated carbocycles. The van der Waals surface area contributed by atoms with E-state index in [4.69, 9.17) is 27.9 Å². The van der Waals surface area contributed by atoms with Gasteiger partial charge in [-0.05, 0) is 78.3 Å². The fraction of sp³-hybridized carbons (Fsp3) is 0.412. The highest BCUT2D eigenvalue weighted by Gasteiger charge is 2.67. The quantitative estimate of drug-likeness (QED) is 0.304. The summed E-state index contributed by atoms with van der Waals surface area (Å²) in [5.41, 5.74) is 3.73. The van der Waals surface area contributed by atoms with Gasteiger partial charge in [-0.25, -0.2) is 4.79 Å². The van der Waals surface area contributed by atoms with Gasteiger partial charge in [-0.15, -0.1) is 0 Å². The Morgan fingerprint density at radius 3 is 2.56 bits per heavy atom. The third-order valence-electron chi connectivity index (χ3n) is 10.5. The van der Waals surface area contributed by atoms with Crippen LogP contribution >= 0.6 is 23.2 Å². The largest absolute Gasteiger partial charge is 0.495 e. The van der Waals surface area contributed by atoms with Crippen molar-refractivity contribution < 1.29 is 19.4 Å². The maximum atomic E-state index is 14.7. The Kier molecular flexibility index (Phi) is 6.91. The van der Waals surface area contributed by atoms with Crippen LogP contribution in [0.1, 0.15) is 66.4 Å². The third kappa shape index (κ3) is 4.42. The number of halogens is 2. The molecule has 3 heterocycles. The molecule has 1 aliphatic carbocycles. The van der Waals surface area contributed by atoms with E-state index in [0.717, 1.165) is 17.7 Å². The first-order valence-electron chi connectivity index (χ1n) is 14.9. The van der Waals surface area contributed by atoms with Gasteiger partial charge < -0.3 is 15.2 Å². The maximum Gasteiger partial charge on any atom is 0.335 e. The van der Waals surface area contributed by atoms with Gasteiger partial charge in [-0.3, -0.25) is 14.6 Å². The summed E-state index contributed by atoms with van der Waals surface area (Å²) in [5.74, 6) is -0.881. The minimum Gasteiger partial charge on any atom is -0.495 e. The number of carboxylic acid groups (broad SMARTS) is 1. The molecule has 43 heavy (non-hydrogen) atoms. The first kappa shape index (κ1) is 28.5. The second-order valence-corrected chi connectivity index (χ2v) is 13.8. The maximum absolute atomic E-state index is 14.7.